The van der Waals surface area contributed by atoms with Gasteiger partial charge in [0.05, 0.1) is 0 Å². The summed E-state index contributed by atoms with van der Waals surface area (Å²) in [5, 5.41) is 0. The minimum Gasteiger partial charge on any atom is -0.462 e. The smallest absolute Gasteiger partial charge is 0.306 e. The maximum atomic E-state index is 12.9. The number of unbranched alkanes of at least 4 members (excludes halogenated alkanes) is 31. The quantitative estimate of drug-likeness (QED) is 0.0261. The SMILES string of the molecule is CC/C=C\C/C=C\C/C=C\C/C=C\C/C=C\CCCCCCCCCCCCCC(=O)OCC(COC(=O)CCCCCCC/C=C\CCCCCCC)OC(=O)CCCCCCC/C=C\CCCCCCC. The minimum atomic E-state index is -0.785. The summed E-state index contributed by atoms with van der Waals surface area (Å²) in [7, 11) is 0. The van der Waals surface area contributed by atoms with Gasteiger partial charge < -0.3 is 14.2 Å². The van der Waals surface area contributed by atoms with Crippen molar-refractivity contribution in [2.75, 3.05) is 13.2 Å². The highest BCUT2D eigenvalue weighted by Crippen LogP contribution is 2.16. The number of carbonyl (C=O) groups excluding carboxylic acids is 3. The molecule has 0 spiro atoms. The van der Waals surface area contributed by atoms with E-state index >= 15 is 0 Å². The summed E-state index contributed by atoms with van der Waals surface area (Å²) in [5.41, 5.74) is 0. The summed E-state index contributed by atoms with van der Waals surface area (Å²) in [6.07, 6.45) is 80.1. The molecular weight excluding hydrogens is 901 g/mol. The van der Waals surface area contributed by atoms with Gasteiger partial charge in [0.1, 0.15) is 13.2 Å². The van der Waals surface area contributed by atoms with Crippen molar-refractivity contribution >= 4 is 17.9 Å². The van der Waals surface area contributed by atoms with Gasteiger partial charge in [-0.15, -0.1) is 0 Å². The van der Waals surface area contributed by atoms with Gasteiger partial charge in [-0.25, -0.2) is 0 Å². The first-order valence-electron chi connectivity index (χ1n) is 31.1. The third-order valence-electron chi connectivity index (χ3n) is 13.4. The zero-order valence-electron chi connectivity index (χ0n) is 48.1. The lowest BCUT2D eigenvalue weighted by atomic mass is 10.0. The zero-order chi connectivity index (χ0) is 52.9. The van der Waals surface area contributed by atoms with E-state index < -0.39 is 6.10 Å². The van der Waals surface area contributed by atoms with Crippen molar-refractivity contribution < 1.29 is 28.6 Å². The largest absolute Gasteiger partial charge is 0.462 e. The summed E-state index contributed by atoms with van der Waals surface area (Å²) in [6.45, 7) is 6.51. The van der Waals surface area contributed by atoms with Crippen molar-refractivity contribution in [3.05, 3.63) is 85.1 Å². The van der Waals surface area contributed by atoms with Gasteiger partial charge in [-0.2, -0.15) is 0 Å². The maximum absolute atomic E-state index is 12.9. The van der Waals surface area contributed by atoms with Crippen molar-refractivity contribution in [1.82, 2.24) is 0 Å². The van der Waals surface area contributed by atoms with E-state index in [0.717, 1.165) is 109 Å². The molecule has 0 bridgehead atoms. The molecule has 0 saturated carbocycles. The summed E-state index contributed by atoms with van der Waals surface area (Å²) in [6, 6.07) is 0. The van der Waals surface area contributed by atoms with Crippen LogP contribution in [0.3, 0.4) is 0 Å². The third kappa shape index (κ3) is 59.3. The molecule has 0 aromatic heterocycles. The van der Waals surface area contributed by atoms with Gasteiger partial charge in [-0.05, 0) is 116 Å². The Morgan fingerprint density at radius 2 is 0.534 bits per heavy atom. The fourth-order valence-corrected chi connectivity index (χ4v) is 8.69. The highest BCUT2D eigenvalue weighted by atomic mass is 16.6. The molecular formula is C67H116O6. The molecule has 6 heteroatoms. The fraction of sp³-hybridized carbons (Fsp3) is 0.746. The van der Waals surface area contributed by atoms with Crippen molar-refractivity contribution in [2.24, 2.45) is 0 Å². The molecule has 0 N–H and O–H groups in total. The van der Waals surface area contributed by atoms with E-state index in [1.807, 2.05) is 0 Å². The standard InChI is InChI=1S/C67H116O6/c1-4-7-10-13-16-19-22-25-28-29-30-31-32-33-34-35-36-37-38-39-40-43-45-48-51-54-57-60-66(69)72-63-64(73-67(70)61-58-55-52-49-46-42-27-24-21-18-15-12-9-6-3)62-71-65(68)59-56-53-50-47-44-41-26-23-20-17-14-11-8-5-2/h7,10,16,19,23-28,30-31,33-34,64H,4-6,8-9,11-15,17-18,20-22,29,32,35-63H2,1-3H3/b10-7-,19-16-,26-23-,27-24-,28-25-,31-30-,34-33-. The molecule has 0 aliphatic rings. The summed E-state index contributed by atoms with van der Waals surface area (Å²) < 4.78 is 16.9. The Morgan fingerprint density at radius 1 is 0.288 bits per heavy atom. The Hall–Kier alpha value is -3.41. The predicted molar refractivity (Wildman–Crippen MR) is 316 cm³/mol. The number of allylic oxidation sites excluding steroid dienone is 14. The maximum Gasteiger partial charge on any atom is 0.306 e. The van der Waals surface area contributed by atoms with Gasteiger partial charge in [0.15, 0.2) is 6.10 Å². The molecule has 0 amide bonds. The monoisotopic (exact) mass is 1020 g/mol. The Bertz CT molecular complexity index is 1400. The second kappa shape index (κ2) is 61.1. The Kier molecular flexibility index (Phi) is 58.3. The van der Waals surface area contributed by atoms with Crippen LogP contribution in [0.4, 0.5) is 0 Å². The highest BCUT2D eigenvalue weighted by Gasteiger charge is 2.19. The molecule has 1 unspecified atom stereocenters. The molecule has 0 rings (SSSR count). The van der Waals surface area contributed by atoms with Crippen molar-refractivity contribution in [3.63, 3.8) is 0 Å². The van der Waals surface area contributed by atoms with Gasteiger partial charge in [-0.3, -0.25) is 14.4 Å². The van der Waals surface area contributed by atoms with Crippen LogP contribution in [0, 0.1) is 0 Å². The molecule has 0 aliphatic carbocycles. The summed E-state index contributed by atoms with van der Waals surface area (Å²) >= 11 is 0. The summed E-state index contributed by atoms with van der Waals surface area (Å²) in [4.78, 5) is 38.2. The molecule has 420 valence electrons. The molecule has 0 aliphatic heterocycles. The van der Waals surface area contributed by atoms with E-state index in [1.54, 1.807) is 0 Å². The number of esters is 3. The normalized spacial score (nSPS) is 12.6. The molecule has 0 fully saturated rings. The average Bonchev–Trinajstić information content (AvgIpc) is 3.39. The molecule has 0 aromatic rings. The molecule has 0 heterocycles. The second-order valence-corrected chi connectivity index (χ2v) is 20.6. The highest BCUT2D eigenvalue weighted by molar-refractivity contribution is 5.71. The first-order valence-corrected chi connectivity index (χ1v) is 31.1. The number of hydrogen-bond acceptors (Lipinski definition) is 6. The van der Waals surface area contributed by atoms with E-state index in [2.05, 4.69) is 106 Å². The summed E-state index contributed by atoms with van der Waals surface area (Å²) in [5.74, 6) is -0.893. The molecule has 0 radical (unpaired) electrons. The van der Waals surface area contributed by atoms with Crippen LogP contribution in [0.2, 0.25) is 0 Å². The third-order valence-corrected chi connectivity index (χ3v) is 13.4. The number of rotatable bonds is 56. The number of ether oxygens (including phenoxy) is 3. The first kappa shape index (κ1) is 69.6. The lowest BCUT2D eigenvalue weighted by molar-refractivity contribution is -0.167. The molecule has 1 atom stereocenters. The Labute approximate surface area is 452 Å². The lowest BCUT2D eigenvalue weighted by Gasteiger charge is -2.18. The molecule has 6 nitrogen and oxygen atoms in total. The van der Waals surface area contributed by atoms with E-state index in [1.165, 1.54) is 154 Å². The van der Waals surface area contributed by atoms with Crippen LogP contribution in [-0.4, -0.2) is 37.2 Å². The van der Waals surface area contributed by atoms with E-state index in [4.69, 9.17) is 14.2 Å². The average molecular weight is 1020 g/mol. The molecule has 0 aromatic carbocycles. The molecule has 0 saturated heterocycles. The van der Waals surface area contributed by atoms with Crippen LogP contribution < -0.4 is 0 Å². The van der Waals surface area contributed by atoms with Crippen LogP contribution in [0.1, 0.15) is 303 Å². The van der Waals surface area contributed by atoms with E-state index in [-0.39, 0.29) is 31.1 Å². The van der Waals surface area contributed by atoms with Gasteiger partial charge in [-0.1, -0.05) is 254 Å². The van der Waals surface area contributed by atoms with Gasteiger partial charge in [0.25, 0.3) is 0 Å². The molecule has 73 heavy (non-hydrogen) atoms. The van der Waals surface area contributed by atoms with Crippen LogP contribution in [0.25, 0.3) is 0 Å². The van der Waals surface area contributed by atoms with Crippen LogP contribution in [0.15, 0.2) is 85.1 Å². The van der Waals surface area contributed by atoms with Gasteiger partial charge >= 0.3 is 17.9 Å². The Morgan fingerprint density at radius 3 is 0.849 bits per heavy atom. The van der Waals surface area contributed by atoms with E-state index in [9.17, 15) is 14.4 Å². The Balaban J connectivity index is 4.28. The lowest BCUT2D eigenvalue weighted by Crippen LogP contribution is -2.30. The van der Waals surface area contributed by atoms with Gasteiger partial charge in [0, 0.05) is 19.3 Å². The van der Waals surface area contributed by atoms with Crippen LogP contribution >= 0.6 is 0 Å². The van der Waals surface area contributed by atoms with Crippen molar-refractivity contribution in [3.8, 4) is 0 Å². The van der Waals surface area contributed by atoms with Crippen molar-refractivity contribution in [2.45, 2.75) is 309 Å². The van der Waals surface area contributed by atoms with Gasteiger partial charge in [0.2, 0.25) is 0 Å². The fourth-order valence-electron chi connectivity index (χ4n) is 8.69. The number of carbonyl (C=O) groups is 3. The first-order chi connectivity index (χ1) is 36.0. The van der Waals surface area contributed by atoms with Crippen LogP contribution in [0.5, 0.6) is 0 Å². The minimum absolute atomic E-state index is 0.0825. The zero-order valence-corrected chi connectivity index (χ0v) is 48.1. The second-order valence-electron chi connectivity index (χ2n) is 20.6. The topological polar surface area (TPSA) is 78.9 Å². The number of hydrogen-bond donors (Lipinski definition) is 0. The van der Waals surface area contributed by atoms with Crippen molar-refractivity contribution in [1.29, 1.82) is 0 Å². The predicted octanol–water partition coefficient (Wildman–Crippen LogP) is 21.1. The van der Waals surface area contributed by atoms with E-state index in [0.29, 0.717) is 19.3 Å². The van der Waals surface area contributed by atoms with Crippen LogP contribution in [-0.2, 0) is 28.6 Å².